The van der Waals surface area contributed by atoms with E-state index in [0.29, 0.717) is 0 Å². The van der Waals surface area contributed by atoms with Crippen LogP contribution < -0.4 is 5.32 Å². The summed E-state index contributed by atoms with van der Waals surface area (Å²) in [6.45, 7) is 0. The summed E-state index contributed by atoms with van der Waals surface area (Å²) in [5, 5.41) is 2.40. The van der Waals surface area contributed by atoms with Gasteiger partial charge in [0, 0.05) is 23.6 Å². The van der Waals surface area contributed by atoms with Gasteiger partial charge in [0.2, 0.25) is 5.91 Å². The highest BCUT2D eigenvalue weighted by atomic mass is 79.9. The first-order chi connectivity index (χ1) is 14.7. The van der Waals surface area contributed by atoms with Gasteiger partial charge in [-0.05, 0) is 51.8 Å². The molecule has 1 fully saturated rings. The number of carbonyl (C=O) groups is 2. The molecule has 1 saturated carbocycles. The number of carbonyl (C=O) groups excluding carboxylic acids is 2. The zero-order valence-corrected chi connectivity index (χ0v) is 19.5. The molecule has 1 N–H and O–H groups in total. The first-order valence-electron chi connectivity index (χ1n) is 8.95. The molecular formula is C20H12BrCl3F5NO2. The highest BCUT2D eigenvalue weighted by molar-refractivity contribution is 9.10. The van der Waals surface area contributed by atoms with Gasteiger partial charge in [-0.2, -0.15) is 13.2 Å². The van der Waals surface area contributed by atoms with Crippen molar-refractivity contribution in [2.75, 3.05) is 5.32 Å². The Morgan fingerprint density at radius 3 is 2.38 bits per heavy atom. The second kappa shape index (κ2) is 9.08. The van der Waals surface area contributed by atoms with Crippen molar-refractivity contribution in [1.29, 1.82) is 0 Å². The van der Waals surface area contributed by atoms with Crippen LogP contribution >= 0.6 is 50.7 Å². The minimum Gasteiger partial charge on any atom is -0.326 e. The summed E-state index contributed by atoms with van der Waals surface area (Å²) in [5.41, 5.74) is 0.0877. The van der Waals surface area contributed by atoms with Gasteiger partial charge in [0.05, 0.1) is 21.8 Å². The quantitative estimate of drug-likeness (QED) is 0.168. The second-order valence-electron chi connectivity index (χ2n) is 7.15. The number of Topliss-reactive ketones (excluding diaryl/α,β-unsaturated/α-hetero) is 1. The van der Waals surface area contributed by atoms with Gasteiger partial charge >= 0.3 is 6.18 Å². The van der Waals surface area contributed by atoms with E-state index < -0.39 is 58.5 Å². The molecule has 1 aliphatic rings. The van der Waals surface area contributed by atoms with E-state index in [9.17, 15) is 31.5 Å². The average molecular weight is 580 g/mol. The first-order valence-corrected chi connectivity index (χ1v) is 10.9. The van der Waals surface area contributed by atoms with Gasteiger partial charge in [-0.15, -0.1) is 23.2 Å². The lowest BCUT2D eigenvalue weighted by atomic mass is 10.1. The maximum atomic E-state index is 13.7. The molecule has 1 aliphatic carbocycles. The Labute approximate surface area is 202 Å². The molecule has 2 aromatic rings. The third-order valence-electron chi connectivity index (χ3n) is 4.87. The molecule has 0 saturated heterocycles. The molecule has 0 heterocycles. The van der Waals surface area contributed by atoms with Crippen LogP contribution in [0.2, 0.25) is 5.02 Å². The summed E-state index contributed by atoms with van der Waals surface area (Å²) in [6, 6.07) is 5.89. The Kier molecular flexibility index (Phi) is 7.15. The molecule has 2 aromatic carbocycles. The standard InChI is InChI=1S/C20H12BrCl3F5NO2/c21-11-5-8(6-13(25)17(11)26)15-16(20(15,23)24)18(32)30-9-1-2-12(22)10(7-9)14(31)3-4-19(27,28)29/h1-2,5-7,15-16H,3-4H2,(H,30,32). The van der Waals surface area contributed by atoms with Crippen LogP contribution in [0.4, 0.5) is 27.6 Å². The van der Waals surface area contributed by atoms with E-state index in [0.717, 1.165) is 12.1 Å². The molecule has 12 heteroatoms. The van der Waals surface area contributed by atoms with Crippen molar-refractivity contribution < 1.29 is 31.5 Å². The van der Waals surface area contributed by atoms with Crippen LogP contribution in [0.1, 0.15) is 34.7 Å². The number of benzene rings is 2. The zero-order valence-electron chi connectivity index (χ0n) is 15.7. The largest absolute Gasteiger partial charge is 0.389 e. The molecule has 172 valence electrons. The third kappa shape index (κ3) is 5.38. The van der Waals surface area contributed by atoms with E-state index in [1.165, 1.54) is 18.2 Å². The molecule has 0 aliphatic heterocycles. The monoisotopic (exact) mass is 577 g/mol. The van der Waals surface area contributed by atoms with E-state index in [-0.39, 0.29) is 26.3 Å². The van der Waals surface area contributed by atoms with E-state index in [4.69, 9.17) is 34.8 Å². The van der Waals surface area contributed by atoms with Gasteiger partial charge in [-0.25, -0.2) is 8.78 Å². The number of alkyl halides is 5. The van der Waals surface area contributed by atoms with Gasteiger partial charge in [0.1, 0.15) is 4.33 Å². The summed E-state index contributed by atoms with van der Waals surface area (Å²) in [5.74, 6) is -5.67. The Bertz CT molecular complexity index is 1070. The van der Waals surface area contributed by atoms with Gasteiger partial charge in [-0.1, -0.05) is 11.6 Å². The van der Waals surface area contributed by atoms with Crippen LogP contribution in [-0.2, 0) is 4.79 Å². The lowest BCUT2D eigenvalue weighted by Crippen LogP contribution is -2.17. The number of ketones is 1. The number of hydrogen-bond acceptors (Lipinski definition) is 2. The summed E-state index contributed by atoms with van der Waals surface area (Å²) in [6.07, 6.45) is -6.62. The average Bonchev–Trinajstić information content (AvgIpc) is 3.27. The molecular weight excluding hydrogens is 567 g/mol. The van der Waals surface area contributed by atoms with Crippen molar-refractivity contribution in [3.63, 3.8) is 0 Å². The molecule has 1 amide bonds. The SMILES string of the molecule is O=C(CCC(F)(F)F)c1cc(NC(=O)C2C(c3cc(F)c(F)c(Br)c3)C2(Cl)Cl)ccc1Cl. The Balaban J connectivity index is 1.77. The van der Waals surface area contributed by atoms with Crippen molar-refractivity contribution in [1.82, 2.24) is 0 Å². The zero-order chi connectivity index (χ0) is 24.0. The molecule has 0 radical (unpaired) electrons. The first kappa shape index (κ1) is 25.2. The van der Waals surface area contributed by atoms with E-state index in [1.54, 1.807) is 0 Å². The van der Waals surface area contributed by atoms with Crippen LogP contribution in [0.25, 0.3) is 0 Å². The Morgan fingerprint density at radius 1 is 1.12 bits per heavy atom. The number of hydrogen-bond donors (Lipinski definition) is 1. The fourth-order valence-corrected chi connectivity index (χ4v) is 4.75. The van der Waals surface area contributed by atoms with Crippen molar-refractivity contribution >= 4 is 68.1 Å². The molecule has 2 atom stereocenters. The molecule has 2 unspecified atom stereocenters. The fourth-order valence-electron chi connectivity index (χ4n) is 3.25. The van der Waals surface area contributed by atoms with E-state index in [2.05, 4.69) is 21.2 Å². The van der Waals surface area contributed by atoms with E-state index in [1.807, 2.05) is 0 Å². The molecule has 3 nitrogen and oxygen atoms in total. The van der Waals surface area contributed by atoms with Gasteiger partial charge in [0.25, 0.3) is 0 Å². The van der Waals surface area contributed by atoms with Crippen molar-refractivity contribution in [2.45, 2.75) is 29.3 Å². The topological polar surface area (TPSA) is 46.2 Å². The molecule has 0 spiro atoms. The van der Waals surface area contributed by atoms with Gasteiger partial charge in [-0.3, -0.25) is 9.59 Å². The van der Waals surface area contributed by atoms with Crippen molar-refractivity contribution in [2.24, 2.45) is 5.92 Å². The number of rotatable bonds is 6. The Hall–Kier alpha value is -1.42. The molecule has 3 rings (SSSR count). The van der Waals surface area contributed by atoms with Crippen LogP contribution in [-0.4, -0.2) is 22.2 Å². The highest BCUT2D eigenvalue weighted by Gasteiger charge is 2.67. The highest BCUT2D eigenvalue weighted by Crippen LogP contribution is 2.65. The predicted molar refractivity (Wildman–Crippen MR) is 114 cm³/mol. The normalized spacial score (nSPS) is 19.5. The van der Waals surface area contributed by atoms with Crippen LogP contribution in [0.5, 0.6) is 0 Å². The molecule has 0 aromatic heterocycles. The smallest absolute Gasteiger partial charge is 0.326 e. The third-order valence-corrected chi connectivity index (χ3v) is 6.72. The Morgan fingerprint density at radius 2 is 1.78 bits per heavy atom. The van der Waals surface area contributed by atoms with Crippen molar-refractivity contribution in [3.05, 3.63) is 62.6 Å². The second-order valence-corrected chi connectivity index (χ2v) is 9.86. The number of nitrogens with one attached hydrogen (secondary N) is 1. The fraction of sp³-hybridized carbons (Fsp3) is 0.300. The number of anilines is 1. The maximum absolute atomic E-state index is 13.7. The minimum atomic E-state index is -4.51. The summed E-state index contributed by atoms with van der Waals surface area (Å²) < 4.78 is 62.7. The van der Waals surface area contributed by atoms with Crippen LogP contribution in [0.3, 0.4) is 0 Å². The number of amides is 1. The van der Waals surface area contributed by atoms with Crippen molar-refractivity contribution in [3.8, 4) is 0 Å². The molecule has 32 heavy (non-hydrogen) atoms. The predicted octanol–water partition coefficient (Wildman–Crippen LogP) is 7.43. The summed E-state index contributed by atoms with van der Waals surface area (Å²) >= 11 is 21.2. The van der Waals surface area contributed by atoms with Crippen LogP contribution in [0.15, 0.2) is 34.8 Å². The maximum Gasteiger partial charge on any atom is 0.389 e. The summed E-state index contributed by atoms with van der Waals surface area (Å²) in [4.78, 5) is 24.8. The lowest BCUT2D eigenvalue weighted by Gasteiger charge is -2.10. The van der Waals surface area contributed by atoms with Gasteiger partial charge in [0.15, 0.2) is 17.4 Å². The van der Waals surface area contributed by atoms with E-state index >= 15 is 0 Å². The lowest BCUT2D eigenvalue weighted by molar-refractivity contribution is -0.133. The summed E-state index contributed by atoms with van der Waals surface area (Å²) in [7, 11) is 0. The number of halogens is 9. The minimum absolute atomic E-state index is 0.0739. The van der Waals surface area contributed by atoms with Crippen LogP contribution in [0, 0.1) is 17.6 Å². The molecule has 0 bridgehead atoms. The van der Waals surface area contributed by atoms with Gasteiger partial charge < -0.3 is 5.32 Å².